The monoisotopic (exact) mass is 575 g/mol. The summed E-state index contributed by atoms with van der Waals surface area (Å²) in [5.74, 6) is 1.46. The van der Waals surface area contributed by atoms with E-state index in [0.29, 0.717) is 30.0 Å². The first kappa shape index (κ1) is 30.5. The lowest BCUT2D eigenvalue weighted by Gasteiger charge is -2.42. The molecule has 3 N–H and O–H groups in total. The van der Waals surface area contributed by atoms with Crippen molar-refractivity contribution in [1.29, 1.82) is 0 Å². The summed E-state index contributed by atoms with van der Waals surface area (Å²) < 4.78 is 6.98. The number of aryl methyl sites for hydroxylation is 1. The summed E-state index contributed by atoms with van der Waals surface area (Å²) in [6.07, 6.45) is 13.6. The summed E-state index contributed by atoms with van der Waals surface area (Å²) in [5, 5.41) is 14.4. The number of hydrogen-bond donors (Lipinski definition) is 3. The maximum absolute atomic E-state index is 12.6. The molecule has 3 aliphatic rings. The SMILES string of the molecule is CCOC(=O)c1cnc(Nc2cnn(C)c2)nc1NC1CCC(N2CCN(CCC3CCNCC3)CC2)CC1.Cl. The van der Waals surface area contributed by atoms with Crippen LogP contribution < -0.4 is 16.0 Å². The van der Waals surface area contributed by atoms with Crippen LogP contribution in [0.15, 0.2) is 18.6 Å². The van der Waals surface area contributed by atoms with E-state index in [-0.39, 0.29) is 18.4 Å². The summed E-state index contributed by atoms with van der Waals surface area (Å²) in [4.78, 5) is 27.0. The lowest BCUT2D eigenvalue weighted by Crippen LogP contribution is -2.52. The van der Waals surface area contributed by atoms with Crippen molar-refractivity contribution >= 4 is 35.8 Å². The summed E-state index contributed by atoms with van der Waals surface area (Å²) in [5.41, 5.74) is 1.16. The normalized spacial score (nSPS) is 22.9. The van der Waals surface area contributed by atoms with Crippen LogP contribution >= 0.6 is 12.4 Å². The van der Waals surface area contributed by atoms with Gasteiger partial charge in [0.05, 0.1) is 18.5 Å². The fraction of sp³-hybridized carbons (Fsp3) is 0.714. The van der Waals surface area contributed by atoms with Crippen molar-refractivity contribution in [1.82, 2.24) is 34.9 Å². The Morgan fingerprint density at radius 3 is 2.50 bits per heavy atom. The first-order chi connectivity index (χ1) is 19.1. The fourth-order valence-corrected chi connectivity index (χ4v) is 6.19. The van der Waals surface area contributed by atoms with E-state index in [1.54, 1.807) is 24.0 Å². The number of piperidine rings is 1. The molecule has 0 aromatic carbocycles. The van der Waals surface area contributed by atoms with Crippen molar-refractivity contribution in [3.63, 3.8) is 0 Å². The highest BCUT2D eigenvalue weighted by Gasteiger charge is 2.29. The van der Waals surface area contributed by atoms with Crippen molar-refractivity contribution < 1.29 is 9.53 Å². The lowest BCUT2D eigenvalue weighted by atomic mass is 9.89. The Hall–Kier alpha value is -2.47. The number of ether oxygens (including phenoxy) is 1. The quantitative estimate of drug-likeness (QED) is 0.365. The molecule has 0 bridgehead atoms. The minimum atomic E-state index is -0.403. The molecule has 222 valence electrons. The number of halogens is 1. The van der Waals surface area contributed by atoms with E-state index >= 15 is 0 Å². The molecule has 0 atom stereocenters. The Bertz CT molecular complexity index is 1060. The molecule has 2 aromatic heterocycles. The van der Waals surface area contributed by atoms with Crippen LogP contribution in [0.1, 0.15) is 62.2 Å². The fourth-order valence-electron chi connectivity index (χ4n) is 6.19. The van der Waals surface area contributed by atoms with Gasteiger partial charge < -0.3 is 25.6 Å². The molecule has 12 heteroatoms. The summed E-state index contributed by atoms with van der Waals surface area (Å²) in [6, 6.07) is 0.911. The highest BCUT2D eigenvalue weighted by atomic mass is 35.5. The minimum Gasteiger partial charge on any atom is -0.462 e. The second kappa shape index (κ2) is 15.0. The third kappa shape index (κ3) is 8.28. The van der Waals surface area contributed by atoms with Gasteiger partial charge in [-0.2, -0.15) is 10.1 Å². The van der Waals surface area contributed by atoms with E-state index in [1.807, 2.05) is 13.2 Å². The molecule has 2 aromatic rings. The second-order valence-corrected chi connectivity index (χ2v) is 11.2. The molecule has 1 aliphatic carbocycles. The van der Waals surface area contributed by atoms with Crippen LogP contribution in [-0.2, 0) is 11.8 Å². The van der Waals surface area contributed by atoms with Gasteiger partial charge in [0.25, 0.3) is 0 Å². The molecule has 2 saturated heterocycles. The van der Waals surface area contributed by atoms with Crippen LogP contribution in [0.25, 0.3) is 0 Å². The van der Waals surface area contributed by atoms with Gasteiger partial charge in [-0.3, -0.25) is 9.58 Å². The van der Waals surface area contributed by atoms with Gasteiger partial charge in [0, 0.05) is 57.7 Å². The molecule has 4 heterocycles. The van der Waals surface area contributed by atoms with Crippen molar-refractivity contribution in [2.75, 3.05) is 63.1 Å². The largest absolute Gasteiger partial charge is 0.462 e. The summed E-state index contributed by atoms with van der Waals surface area (Å²) in [6.45, 7) is 10.5. The minimum absolute atomic E-state index is 0. The number of aromatic nitrogens is 4. The Kier molecular flexibility index (Phi) is 11.4. The van der Waals surface area contributed by atoms with Crippen LogP contribution in [-0.4, -0.2) is 100 Å². The summed E-state index contributed by atoms with van der Waals surface area (Å²) in [7, 11) is 1.86. The molecule has 1 saturated carbocycles. The molecule has 0 radical (unpaired) electrons. The second-order valence-electron chi connectivity index (χ2n) is 11.2. The van der Waals surface area contributed by atoms with E-state index < -0.39 is 5.97 Å². The van der Waals surface area contributed by atoms with Gasteiger partial charge in [0.15, 0.2) is 0 Å². The van der Waals surface area contributed by atoms with Gasteiger partial charge in [-0.25, -0.2) is 9.78 Å². The first-order valence-corrected chi connectivity index (χ1v) is 14.8. The van der Waals surface area contributed by atoms with Crippen LogP contribution in [0, 0.1) is 5.92 Å². The number of carbonyl (C=O) groups is 1. The number of nitrogens with zero attached hydrogens (tertiary/aromatic N) is 6. The van der Waals surface area contributed by atoms with Gasteiger partial charge in [-0.15, -0.1) is 12.4 Å². The highest BCUT2D eigenvalue weighted by Crippen LogP contribution is 2.28. The van der Waals surface area contributed by atoms with Crippen LogP contribution in [0.4, 0.5) is 17.5 Å². The van der Waals surface area contributed by atoms with Crippen molar-refractivity contribution in [3.8, 4) is 0 Å². The van der Waals surface area contributed by atoms with E-state index in [2.05, 4.69) is 40.8 Å². The maximum atomic E-state index is 12.6. The Balaban J connectivity index is 0.00000370. The third-order valence-corrected chi connectivity index (χ3v) is 8.52. The van der Waals surface area contributed by atoms with Crippen molar-refractivity contribution in [2.45, 2.75) is 64.0 Å². The van der Waals surface area contributed by atoms with E-state index in [1.165, 1.54) is 65.1 Å². The Labute approximate surface area is 244 Å². The number of nitrogens with one attached hydrogen (secondary N) is 3. The molecular formula is C28H46ClN9O2. The number of carbonyl (C=O) groups excluding carboxylic acids is 1. The van der Waals surface area contributed by atoms with Gasteiger partial charge in [-0.05, 0) is 77.4 Å². The number of hydrogen-bond acceptors (Lipinski definition) is 10. The molecule has 5 rings (SSSR count). The lowest BCUT2D eigenvalue weighted by molar-refractivity contribution is 0.0526. The van der Waals surface area contributed by atoms with Gasteiger partial charge in [-0.1, -0.05) is 0 Å². The smallest absolute Gasteiger partial charge is 0.343 e. The zero-order valence-corrected chi connectivity index (χ0v) is 24.8. The molecule has 0 amide bonds. The topological polar surface area (TPSA) is 112 Å². The first-order valence-electron chi connectivity index (χ1n) is 14.8. The van der Waals surface area contributed by atoms with Gasteiger partial charge >= 0.3 is 5.97 Å². The van der Waals surface area contributed by atoms with Crippen LogP contribution in [0.5, 0.6) is 0 Å². The van der Waals surface area contributed by atoms with Crippen molar-refractivity contribution in [2.24, 2.45) is 13.0 Å². The highest BCUT2D eigenvalue weighted by molar-refractivity contribution is 5.94. The number of anilines is 3. The zero-order chi connectivity index (χ0) is 27.0. The standard InChI is InChI=1S/C28H45N9O2.ClH/c1-3-39-27(38)25-19-30-28(33-23-18-31-35(2)20-23)34-26(25)32-22-4-6-24(7-5-22)37-16-14-36(15-17-37)13-10-21-8-11-29-12-9-21;/h18-22,24,29H,3-17H2,1-2H3,(H2,30,32,33,34);1H. The maximum Gasteiger partial charge on any atom is 0.343 e. The number of esters is 1. The molecule has 40 heavy (non-hydrogen) atoms. The van der Waals surface area contributed by atoms with Crippen LogP contribution in [0.3, 0.4) is 0 Å². The summed E-state index contributed by atoms with van der Waals surface area (Å²) >= 11 is 0. The molecular weight excluding hydrogens is 530 g/mol. The van der Waals surface area contributed by atoms with E-state index in [9.17, 15) is 4.79 Å². The zero-order valence-electron chi connectivity index (χ0n) is 24.0. The van der Waals surface area contributed by atoms with Gasteiger partial charge in [0.2, 0.25) is 5.95 Å². The average molecular weight is 576 g/mol. The third-order valence-electron chi connectivity index (χ3n) is 8.52. The molecule has 3 fully saturated rings. The molecule has 0 spiro atoms. The van der Waals surface area contributed by atoms with Crippen LogP contribution in [0.2, 0.25) is 0 Å². The van der Waals surface area contributed by atoms with Gasteiger partial charge in [0.1, 0.15) is 11.4 Å². The van der Waals surface area contributed by atoms with E-state index in [0.717, 1.165) is 37.3 Å². The Morgan fingerprint density at radius 2 is 1.82 bits per heavy atom. The molecule has 0 unspecified atom stereocenters. The number of piperazine rings is 1. The Morgan fingerprint density at radius 1 is 1.07 bits per heavy atom. The molecule has 2 aliphatic heterocycles. The number of rotatable bonds is 10. The predicted molar refractivity (Wildman–Crippen MR) is 160 cm³/mol. The van der Waals surface area contributed by atoms with Crippen molar-refractivity contribution in [3.05, 3.63) is 24.2 Å². The predicted octanol–water partition coefficient (Wildman–Crippen LogP) is 3.28. The van der Waals surface area contributed by atoms with E-state index in [4.69, 9.17) is 4.74 Å². The molecule has 11 nitrogen and oxygen atoms in total. The average Bonchev–Trinajstić information content (AvgIpc) is 3.37.